The maximum absolute atomic E-state index is 10.6. The average Bonchev–Trinajstić information content (AvgIpc) is 2.16. The minimum absolute atomic E-state index is 0.105. The van der Waals surface area contributed by atoms with Crippen molar-refractivity contribution in [2.24, 2.45) is 4.99 Å². The number of rotatable bonds is 2. The Morgan fingerprint density at radius 3 is 2.93 bits per heavy atom. The molecule has 1 aromatic rings. The van der Waals surface area contributed by atoms with E-state index in [4.69, 9.17) is 5.11 Å². The first kappa shape index (κ1) is 9.72. The highest BCUT2D eigenvalue weighted by atomic mass is 16.6. The third-order valence-corrected chi connectivity index (χ3v) is 2.20. The fourth-order valence-electron chi connectivity index (χ4n) is 1.36. The van der Waals surface area contributed by atoms with E-state index in [2.05, 4.69) is 9.98 Å². The van der Waals surface area contributed by atoms with E-state index in [9.17, 15) is 10.1 Å². The van der Waals surface area contributed by atoms with Gasteiger partial charge in [0.2, 0.25) is 0 Å². The van der Waals surface area contributed by atoms with Gasteiger partial charge in [-0.1, -0.05) is 0 Å². The van der Waals surface area contributed by atoms with Crippen LogP contribution in [0.15, 0.2) is 23.5 Å². The molecule has 0 radical (unpaired) electrons. The molecule has 1 aliphatic rings. The van der Waals surface area contributed by atoms with Gasteiger partial charge in [-0.3, -0.25) is 20.1 Å². The molecule has 6 nitrogen and oxygen atoms in total. The summed E-state index contributed by atoms with van der Waals surface area (Å²) in [6, 6.07) is 1.50. The van der Waals surface area contributed by atoms with Crippen molar-refractivity contribution in [2.45, 2.75) is 18.9 Å². The lowest BCUT2D eigenvalue weighted by Crippen LogP contribution is -2.28. The summed E-state index contributed by atoms with van der Waals surface area (Å²) < 4.78 is 0. The molecule has 0 bridgehead atoms. The lowest BCUT2D eigenvalue weighted by molar-refractivity contribution is -0.384. The van der Waals surface area contributed by atoms with E-state index in [1.165, 1.54) is 18.5 Å². The number of hydrogen-bond donors (Lipinski definition) is 1. The summed E-state index contributed by atoms with van der Waals surface area (Å²) in [5.74, 6) is 0. The number of aliphatic hydroxyl groups is 1. The minimum atomic E-state index is -0.512. The van der Waals surface area contributed by atoms with Crippen molar-refractivity contribution in [2.75, 3.05) is 0 Å². The van der Waals surface area contributed by atoms with Gasteiger partial charge in [-0.05, 0) is 6.07 Å². The summed E-state index contributed by atoms with van der Waals surface area (Å²) in [6.07, 6.45) is 3.29. The molecule has 0 spiro atoms. The van der Waals surface area contributed by atoms with Gasteiger partial charge in [-0.15, -0.1) is 0 Å². The Morgan fingerprint density at radius 2 is 2.33 bits per heavy atom. The van der Waals surface area contributed by atoms with Crippen LogP contribution in [0.1, 0.15) is 12.8 Å². The van der Waals surface area contributed by atoms with E-state index >= 15 is 0 Å². The Morgan fingerprint density at radius 1 is 1.60 bits per heavy atom. The molecule has 15 heavy (non-hydrogen) atoms. The van der Waals surface area contributed by atoms with Crippen molar-refractivity contribution in [3.8, 4) is 0 Å². The largest absolute Gasteiger partial charge is 0.392 e. The van der Waals surface area contributed by atoms with Gasteiger partial charge in [0.25, 0.3) is 0 Å². The minimum Gasteiger partial charge on any atom is -0.392 e. The van der Waals surface area contributed by atoms with E-state index in [0.717, 1.165) is 5.71 Å². The zero-order chi connectivity index (χ0) is 10.8. The molecule has 1 aliphatic carbocycles. The molecule has 2 rings (SSSR count). The zero-order valence-electron chi connectivity index (χ0n) is 7.83. The maximum Gasteiger partial charge on any atom is 0.312 e. The summed E-state index contributed by atoms with van der Waals surface area (Å²) in [5, 5.41) is 19.7. The second kappa shape index (κ2) is 3.74. The monoisotopic (exact) mass is 207 g/mol. The van der Waals surface area contributed by atoms with Crippen molar-refractivity contribution in [1.82, 2.24) is 4.98 Å². The first-order chi connectivity index (χ1) is 7.16. The van der Waals surface area contributed by atoms with E-state index in [1.807, 2.05) is 0 Å². The first-order valence-corrected chi connectivity index (χ1v) is 4.49. The zero-order valence-corrected chi connectivity index (χ0v) is 7.83. The highest BCUT2D eigenvalue weighted by Gasteiger charge is 2.23. The van der Waals surface area contributed by atoms with Crippen molar-refractivity contribution < 1.29 is 10.0 Å². The molecule has 1 heterocycles. The third kappa shape index (κ3) is 1.99. The lowest BCUT2D eigenvalue weighted by Gasteiger charge is -2.22. The molecule has 1 saturated carbocycles. The predicted octanol–water partition coefficient (Wildman–Crippen LogP) is 1.22. The highest BCUT2D eigenvalue weighted by molar-refractivity contribution is 5.93. The van der Waals surface area contributed by atoms with Crippen molar-refractivity contribution in [3.05, 3.63) is 28.6 Å². The van der Waals surface area contributed by atoms with E-state index in [-0.39, 0.29) is 11.8 Å². The number of hydrogen-bond acceptors (Lipinski definition) is 5. The van der Waals surface area contributed by atoms with Crippen LogP contribution in [0.3, 0.4) is 0 Å². The molecule has 0 unspecified atom stereocenters. The second-order valence-corrected chi connectivity index (χ2v) is 3.36. The molecule has 1 aromatic heterocycles. The van der Waals surface area contributed by atoms with Gasteiger partial charge in [0, 0.05) is 24.8 Å². The molecule has 0 saturated heterocycles. The SMILES string of the molecule is O=[N+]([O-])c1cnccc1N=C1CC(O)C1. The molecule has 0 atom stereocenters. The summed E-state index contributed by atoms with van der Waals surface area (Å²) >= 11 is 0. The molecule has 6 heteroatoms. The Bertz CT molecular complexity index is 422. The van der Waals surface area contributed by atoms with E-state index in [1.54, 1.807) is 0 Å². The van der Waals surface area contributed by atoms with Gasteiger partial charge in [0.15, 0.2) is 0 Å². The molecule has 78 valence electrons. The summed E-state index contributed by atoms with van der Waals surface area (Å²) in [6.45, 7) is 0. The van der Waals surface area contributed by atoms with Crippen LogP contribution in [0.25, 0.3) is 0 Å². The molecule has 0 aromatic carbocycles. The van der Waals surface area contributed by atoms with Crippen molar-refractivity contribution in [1.29, 1.82) is 0 Å². The smallest absolute Gasteiger partial charge is 0.312 e. The van der Waals surface area contributed by atoms with Crippen molar-refractivity contribution in [3.63, 3.8) is 0 Å². The van der Waals surface area contributed by atoms with Crippen LogP contribution in [0.2, 0.25) is 0 Å². The fourth-order valence-corrected chi connectivity index (χ4v) is 1.36. The Kier molecular flexibility index (Phi) is 2.42. The molecule has 1 fully saturated rings. The lowest BCUT2D eigenvalue weighted by atomic mass is 9.93. The van der Waals surface area contributed by atoms with Crippen LogP contribution in [0, 0.1) is 10.1 Å². The van der Waals surface area contributed by atoms with Crippen LogP contribution in [-0.2, 0) is 0 Å². The molecule has 0 amide bonds. The van der Waals surface area contributed by atoms with Crippen molar-refractivity contribution >= 4 is 17.1 Å². The summed E-state index contributed by atoms with van der Waals surface area (Å²) in [7, 11) is 0. The van der Waals surface area contributed by atoms with Crippen LogP contribution < -0.4 is 0 Å². The second-order valence-electron chi connectivity index (χ2n) is 3.36. The molecular weight excluding hydrogens is 198 g/mol. The number of aromatic nitrogens is 1. The van der Waals surface area contributed by atoms with Gasteiger partial charge in [0.05, 0.1) is 11.0 Å². The Labute approximate surface area is 85.4 Å². The van der Waals surface area contributed by atoms with E-state index in [0.29, 0.717) is 18.5 Å². The Hall–Kier alpha value is -1.82. The van der Waals surface area contributed by atoms with Crippen LogP contribution in [-0.4, -0.2) is 26.8 Å². The average molecular weight is 207 g/mol. The van der Waals surface area contributed by atoms with Crippen LogP contribution in [0.5, 0.6) is 0 Å². The fraction of sp³-hybridized carbons (Fsp3) is 0.333. The van der Waals surface area contributed by atoms with Gasteiger partial charge < -0.3 is 5.11 Å². The third-order valence-electron chi connectivity index (χ3n) is 2.20. The normalized spacial score (nSPS) is 19.5. The summed E-state index contributed by atoms with van der Waals surface area (Å²) in [4.78, 5) is 17.9. The molecular formula is C9H9N3O3. The highest BCUT2D eigenvalue weighted by Crippen LogP contribution is 2.28. The summed E-state index contributed by atoms with van der Waals surface area (Å²) in [5.41, 5.74) is 0.986. The Balaban J connectivity index is 2.28. The predicted molar refractivity (Wildman–Crippen MR) is 53.2 cm³/mol. The number of aliphatic hydroxyl groups excluding tert-OH is 1. The molecule has 1 N–H and O–H groups in total. The van der Waals surface area contributed by atoms with Crippen LogP contribution >= 0.6 is 0 Å². The van der Waals surface area contributed by atoms with Crippen LogP contribution in [0.4, 0.5) is 11.4 Å². The number of nitro groups is 1. The number of nitrogens with zero attached hydrogens (tertiary/aromatic N) is 3. The van der Waals surface area contributed by atoms with Gasteiger partial charge in [-0.2, -0.15) is 0 Å². The standard InChI is InChI=1S/C9H9N3O3/c13-7-3-6(4-7)11-8-1-2-10-5-9(8)12(14)15/h1-2,5,7,13H,3-4H2. The quantitative estimate of drug-likeness (QED) is 0.583. The first-order valence-electron chi connectivity index (χ1n) is 4.49. The maximum atomic E-state index is 10.6. The van der Waals surface area contributed by atoms with Gasteiger partial charge in [-0.25, -0.2) is 0 Å². The van der Waals surface area contributed by atoms with Gasteiger partial charge in [0.1, 0.15) is 11.9 Å². The number of pyridine rings is 1. The molecule has 0 aliphatic heterocycles. The van der Waals surface area contributed by atoms with E-state index < -0.39 is 4.92 Å². The topological polar surface area (TPSA) is 88.6 Å². The number of aliphatic imine (C=N–C) groups is 1. The van der Waals surface area contributed by atoms with Gasteiger partial charge >= 0.3 is 5.69 Å².